The number of anilines is 1. The minimum Gasteiger partial charge on any atom is -0.381 e. The van der Waals surface area contributed by atoms with Crippen molar-refractivity contribution in [1.82, 2.24) is 0 Å². The van der Waals surface area contributed by atoms with Crippen LogP contribution >= 0.6 is 23.2 Å². The smallest absolute Gasteiger partial charge is 0.278 e. The van der Waals surface area contributed by atoms with Gasteiger partial charge in [0.2, 0.25) is 17.8 Å². The molecule has 6 nitrogen and oxygen atoms in total. The summed E-state index contributed by atoms with van der Waals surface area (Å²) in [5.41, 5.74) is 0.579. The first-order valence-corrected chi connectivity index (χ1v) is 8.40. The van der Waals surface area contributed by atoms with Crippen LogP contribution in [0.25, 0.3) is 0 Å². The maximum atomic E-state index is 12.8. The van der Waals surface area contributed by atoms with Crippen molar-refractivity contribution in [2.24, 2.45) is 11.1 Å². The lowest BCUT2D eigenvalue weighted by Gasteiger charge is -2.15. The molecule has 2 amide bonds. The van der Waals surface area contributed by atoms with Crippen molar-refractivity contribution in [3.63, 3.8) is 0 Å². The fourth-order valence-electron chi connectivity index (χ4n) is 2.96. The molecule has 0 N–H and O–H groups in total. The van der Waals surface area contributed by atoms with Gasteiger partial charge in [-0.15, -0.1) is 0 Å². The van der Waals surface area contributed by atoms with Crippen molar-refractivity contribution < 1.29 is 19.2 Å². The Kier molecular flexibility index (Phi) is 4.01. The summed E-state index contributed by atoms with van der Waals surface area (Å²) in [6.45, 7) is 0. The first-order chi connectivity index (χ1) is 12.5. The summed E-state index contributed by atoms with van der Waals surface area (Å²) in [5.74, 6) is -2.67. The zero-order valence-electron chi connectivity index (χ0n) is 13.1. The van der Waals surface area contributed by atoms with Crippen LogP contribution in [0.1, 0.15) is 10.4 Å². The summed E-state index contributed by atoms with van der Waals surface area (Å²) in [5, 5.41) is 4.66. The van der Waals surface area contributed by atoms with Gasteiger partial charge in [-0.05, 0) is 48.5 Å². The SMILES string of the molecule is O=C(C1=NO[C@H]2C(=O)N(c3ccc(Cl)cc3)C(=O)[C@H]12)c1ccc(Cl)cc1. The van der Waals surface area contributed by atoms with Crippen molar-refractivity contribution >= 4 is 52.2 Å². The predicted molar refractivity (Wildman–Crippen MR) is 95.5 cm³/mol. The van der Waals surface area contributed by atoms with Crippen LogP contribution in [0.2, 0.25) is 10.0 Å². The molecule has 0 saturated carbocycles. The molecule has 2 aromatic carbocycles. The summed E-state index contributed by atoms with van der Waals surface area (Å²) >= 11 is 11.7. The van der Waals surface area contributed by atoms with Crippen molar-refractivity contribution in [2.45, 2.75) is 6.10 Å². The third kappa shape index (κ3) is 2.58. The van der Waals surface area contributed by atoms with E-state index in [-0.39, 0.29) is 5.71 Å². The maximum Gasteiger partial charge on any atom is 0.278 e. The summed E-state index contributed by atoms with van der Waals surface area (Å²) in [4.78, 5) is 44.2. The van der Waals surface area contributed by atoms with Crippen LogP contribution in [0.4, 0.5) is 5.69 Å². The van der Waals surface area contributed by atoms with Crippen LogP contribution in [0.15, 0.2) is 53.7 Å². The number of nitrogens with zero attached hydrogens (tertiary/aromatic N) is 2. The monoisotopic (exact) mass is 388 g/mol. The van der Waals surface area contributed by atoms with Crippen LogP contribution in [0.3, 0.4) is 0 Å². The van der Waals surface area contributed by atoms with Crippen LogP contribution < -0.4 is 4.90 Å². The fourth-order valence-corrected chi connectivity index (χ4v) is 3.21. The molecule has 0 unspecified atom stereocenters. The Hall–Kier alpha value is -2.70. The Morgan fingerprint density at radius 2 is 1.50 bits per heavy atom. The van der Waals surface area contributed by atoms with E-state index in [1.807, 2.05) is 0 Å². The van der Waals surface area contributed by atoms with Gasteiger partial charge in [-0.3, -0.25) is 14.4 Å². The van der Waals surface area contributed by atoms with E-state index in [0.717, 1.165) is 4.90 Å². The number of carbonyl (C=O) groups is 3. The second-order valence-electron chi connectivity index (χ2n) is 5.80. The number of Topliss-reactive ketones (excluding diaryl/α,β-unsaturated/α-hetero) is 1. The third-order valence-corrected chi connectivity index (χ3v) is 4.74. The predicted octanol–water partition coefficient (Wildman–Crippen LogP) is 3.12. The number of hydrogen-bond donors (Lipinski definition) is 0. The van der Waals surface area contributed by atoms with E-state index < -0.39 is 29.6 Å². The number of ketones is 1. The molecule has 0 radical (unpaired) electrons. The lowest BCUT2D eigenvalue weighted by atomic mass is 9.93. The molecule has 0 aromatic heterocycles. The number of imide groups is 1. The minimum absolute atomic E-state index is 0.0906. The minimum atomic E-state index is -1.13. The molecule has 8 heteroatoms. The van der Waals surface area contributed by atoms with Crippen molar-refractivity contribution in [1.29, 1.82) is 0 Å². The number of halogens is 2. The molecule has 2 aromatic rings. The van der Waals surface area contributed by atoms with Gasteiger partial charge in [0, 0.05) is 15.6 Å². The second-order valence-corrected chi connectivity index (χ2v) is 6.68. The van der Waals surface area contributed by atoms with Gasteiger partial charge < -0.3 is 4.84 Å². The first kappa shape index (κ1) is 16.8. The molecule has 0 spiro atoms. The van der Waals surface area contributed by atoms with Crippen LogP contribution in [0, 0.1) is 5.92 Å². The number of fused-ring (bicyclic) bond motifs is 1. The summed E-state index contributed by atoms with van der Waals surface area (Å²) in [7, 11) is 0. The Morgan fingerprint density at radius 1 is 0.923 bits per heavy atom. The molecule has 130 valence electrons. The van der Waals surface area contributed by atoms with Gasteiger partial charge in [0.05, 0.1) is 5.69 Å². The molecule has 0 bridgehead atoms. The van der Waals surface area contributed by atoms with Crippen LogP contribution in [0.5, 0.6) is 0 Å². The quantitative estimate of drug-likeness (QED) is 0.597. The molecule has 1 saturated heterocycles. The Balaban J connectivity index is 1.65. The molecule has 26 heavy (non-hydrogen) atoms. The maximum absolute atomic E-state index is 12.8. The normalized spacial score (nSPS) is 21.5. The summed E-state index contributed by atoms with van der Waals surface area (Å²) in [6.07, 6.45) is -1.13. The molecular weight excluding hydrogens is 379 g/mol. The van der Waals surface area contributed by atoms with Gasteiger partial charge in [-0.25, -0.2) is 4.90 Å². The molecule has 2 heterocycles. The number of oxime groups is 1. The first-order valence-electron chi connectivity index (χ1n) is 7.65. The standard InChI is InChI=1S/C18H10Cl2N2O4/c19-10-3-1-9(2-4-10)15(23)14-13-16(26-21-14)18(25)22(17(13)24)12-7-5-11(20)6-8-12/h1-8,13,16H/t13-,16-/m1/s1. The number of hydrogen-bond acceptors (Lipinski definition) is 5. The molecule has 2 atom stereocenters. The average Bonchev–Trinajstić information content (AvgIpc) is 3.17. The highest BCUT2D eigenvalue weighted by molar-refractivity contribution is 6.52. The molecular formula is C18H10Cl2N2O4. The lowest BCUT2D eigenvalue weighted by Crippen LogP contribution is -2.34. The van der Waals surface area contributed by atoms with E-state index >= 15 is 0 Å². The zero-order chi connectivity index (χ0) is 18.4. The molecule has 1 fully saturated rings. The molecule has 0 aliphatic carbocycles. The summed E-state index contributed by atoms with van der Waals surface area (Å²) < 4.78 is 0. The van der Waals surface area contributed by atoms with E-state index in [1.165, 1.54) is 12.1 Å². The van der Waals surface area contributed by atoms with Gasteiger partial charge in [0.25, 0.3) is 5.91 Å². The topological polar surface area (TPSA) is 76.0 Å². The number of benzene rings is 2. The Labute approximate surface area is 157 Å². The van der Waals surface area contributed by atoms with Gasteiger partial charge in [-0.1, -0.05) is 28.4 Å². The van der Waals surface area contributed by atoms with E-state index in [9.17, 15) is 14.4 Å². The van der Waals surface area contributed by atoms with Gasteiger partial charge in [0.15, 0.2) is 0 Å². The lowest BCUT2D eigenvalue weighted by molar-refractivity contribution is -0.126. The van der Waals surface area contributed by atoms with E-state index in [4.69, 9.17) is 28.0 Å². The van der Waals surface area contributed by atoms with E-state index in [2.05, 4.69) is 5.16 Å². The molecule has 2 aliphatic heterocycles. The number of amides is 2. The largest absolute Gasteiger partial charge is 0.381 e. The fraction of sp³-hybridized carbons (Fsp3) is 0.111. The van der Waals surface area contributed by atoms with Gasteiger partial charge in [-0.2, -0.15) is 0 Å². The highest BCUT2D eigenvalue weighted by atomic mass is 35.5. The Morgan fingerprint density at radius 3 is 2.12 bits per heavy atom. The van der Waals surface area contributed by atoms with E-state index in [0.29, 0.717) is 21.3 Å². The summed E-state index contributed by atoms with van der Waals surface area (Å²) in [6, 6.07) is 12.4. The number of carbonyl (C=O) groups excluding carboxylic acids is 3. The average molecular weight is 389 g/mol. The molecule has 4 rings (SSSR count). The highest BCUT2D eigenvalue weighted by Gasteiger charge is 2.57. The van der Waals surface area contributed by atoms with Crippen LogP contribution in [-0.4, -0.2) is 29.4 Å². The second kappa shape index (κ2) is 6.23. The van der Waals surface area contributed by atoms with E-state index in [1.54, 1.807) is 36.4 Å². The van der Waals surface area contributed by atoms with Gasteiger partial charge >= 0.3 is 0 Å². The molecule has 2 aliphatic rings. The van der Waals surface area contributed by atoms with Gasteiger partial charge in [0.1, 0.15) is 11.6 Å². The van der Waals surface area contributed by atoms with Crippen molar-refractivity contribution in [2.75, 3.05) is 4.90 Å². The van der Waals surface area contributed by atoms with Crippen LogP contribution in [-0.2, 0) is 14.4 Å². The zero-order valence-corrected chi connectivity index (χ0v) is 14.6. The third-order valence-electron chi connectivity index (χ3n) is 4.24. The van der Waals surface area contributed by atoms with Crippen molar-refractivity contribution in [3.8, 4) is 0 Å². The van der Waals surface area contributed by atoms with Crippen molar-refractivity contribution in [3.05, 3.63) is 64.1 Å². The highest BCUT2D eigenvalue weighted by Crippen LogP contribution is 2.34. The Bertz CT molecular complexity index is 954. The number of rotatable bonds is 3.